The smallest absolute Gasteiger partial charge is 0.241 e. The second kappa shape index (κ2) is 7.28. The largest absolute Gasteiger partial charge is 0.352 e. The molecule has 0 unspecified atom stereocenters. The third-order valence-electron chi connectivity index (χ3n) is 2.95. The van der Waals surface area contributed by atoms with Crippen LogP contribution in [0.1, 0.15) is 32.1 Å². The van der Waals surface area contributed by atoms with Gasteiger partial charge in [0.15, 0.2) is 0 Å². The highest BCUT2D eigenvalue weighted by Crippen LogP contribution is 2.18. The zero-order chi connectivity index (χ0) is 14.4. The van der Waals surface area contributed by atoms with E-state index in [1.165, 1.54) is 4.68 Å². The van der Waals surface area contributed by atoms with Crippen LogP contribution in [0.3, 0.4) is 0 Å². The van der Waals surface area contributed by atoms with E-state index in [9.17, 15) is 9.59 Å². The summed E-state index contributed by atoms with van der Waals surface area (Å²) < 4.78 is 1.52. The highest BCUT2D eigenvalue weighted by molar-refractivity contribution is 6.17. The fourth-order valence-electron chi connectivity index (χ4n) is 1.77. The molecule has 2 N–H and O–H groups in total. The highest BCUT2D eigenvalue weighted by Gasteiger charge is 2.23. The molecule has 2 amide bonds. The van der Waals surface area contributed by atoms with Gasteiger partial charge in [-0.3, -0.25) is 14.3 Å². The number of carbonyl (C=O) groups is 2. The summed E-state index contributed by atoms with van der Waals surface area (Å²) in [5.41, 5.74) is 0.611. The van der Waals surface area contributed by atoms with Gasteiger partial charge in [-0.1, -0.05) is 0 Å². The maximum atomic E-state index is 11.6. The Bertz CT molecular complexity index is 471. The van der Waals surface area contributed by atoms with E-state index in [-0.39, 0.29) is 18.4 Å². The van der Waals surface area contributed by atoms with Crippen LogP contribution in [0.5, 0.6) is 0 Å². The number of alkyl halides is 1. The van der Waals surface area contributed by atoms with E-state index in [1.54, 1.807) is 12.4 Å². The molecule has 0 saturated heterocycles. The molecule has 0 spiro atoms. The Balaban J connectivity index is 1.73. The number of halogens is 1. The Morgan fingerprint density at radius 1 is 1.35 bits per heavy atom. The van der Waals surface area contributed by atoms with Crippen LogP contribution in [0.4, 0.5) is 5.69 Å². The molecule has 0 aliphatic heterocycles. The number of rotatable bonds is 8. The average Bonchev–Trinajstić information content (AvgIpc) is 3.10. The number of aromatic nitrogens is 2. The Morgan fingerprint density at radius 2 is 2.15 bits per heavy atom. The molecule has 1 saturated carbocycles. The predicted octanol–water partition coefficient (Wildman–Crippen LogP) is 1.51. The van der Waals surface area contributed by atoms with Gasteiger partial charge in [-0.2, -0.15) is 5.10 Å². The van der Waals surface area contributed by atoms with Gasteiger partial charge in [-0.25, -0.2) is 0 Å². The molecular weight excluding hydrogens is 280 g/mol. The lowest BCUT2D eigenvalue weighted by Crippen LogP contribution is -2.29. The van der Waals surface area contributed by atoms with Gasteiger partial charge >= 0.3 is 0 Å². The summed E-state index contributed by atoms with van der Waals surface area (Å²) in [7, 11) is 0. The van der Waals surface area contributed by atoms with E-state index in [0.717, 1.165) is 25.7 Å². The molecule has 0 bridgehead atoms. The number of carbonyl (C=O) groups excluding carboxylic acids is 2. The van der Waals surface area contributed by atoms with Crippen molar-refractivity contribution < 1.29 is 9.59 Å². The van der Waals surface area contributed by atoms with E-state index in [0.29, 0.717) is 24.0 Å². The summed E-state index contributed by atoms with van der Waals surface area (Å²) in [4.78, 5) is 23.2. The summed E-state index contributed by atoms with van der Waals surface area (Å²) >= 11 is 5.55. The lowest BCUT2D eigenvalue weighted by Gasteiger charge is -2.03. The van der Waals surface area contributed by atoms with Crippen LogP contribution in [0.2, 0.25) is 0 Å². The molecule has 0 atom stereocenters. The van der Waals surface area contributed by atoms with Crippen LogP contribution in [-0.4, -0.2) is 33.5 Å². The van der Waals surface area contributed by atoms with E-state index in [4.69, 9.17) is 11.6 Å². The SMILES string of the molecule is O=C(CCCCCl)Nc1cnn(CC(=O)NC2CC2)c1. The molecule has 110 valence electrons. The molecule has 7 heteroatoms. The molecule has 20 heavy (non-hydrogen) atoms. The van der Waals surface area contributed by atoms with Crippen molar-refractivity contribution in [3.63, 3.8) is 0 Å². The van der Waals surface area contributed by atoms with Crippen LogP contribution in [0.15, 0.2) is 12.4 Å². The zero-order valence-electron chi connectivity index (χ0n) is 11.3. The van der Waals surface area contributed by atoms with Gasteiger partial charge in [-0.05, 0) is 25.7 Å². The molecule has 0 aromatic carbocycles. The van der Waals surface area contributed by atoms with Crippen molar-refractivity contribution in [2.45, 2.75) is 44.7 Å². The molecule has 1 heterocycles. The monoisotopic (exact) mass is 298 g/mol. The summed E-state index contributed by atoms with van der Waals surface area (Å²) in [6.07, 6.45) is 7.38. The fourth-order valence-corrected chi connectivity index (χ4v) is 1.96. The maximum Gasteiger partial charge on any atom is 0.241 e. The first-order valence-electron chi connectivity index (χ1n) is 6.85. The number of unbranched alkanes of at least 4 members (excludes halogenated alkanes) is 1. The van der Waals surface area contributed by atoms with Gasteiger partial charge in [0.05, 0.1) is 11.9 Å². The fraction of sp³-hybridized carbons (Fsp3) is 0.615. The van der Waals surface area contributed by atoms with Crippen molar-refractivity contribution in [2.75, 3.05) is 11.2 Å². The van der Waals surface area contributed by atoms with Crippen molar-refractivity contribution in [3.05, 3.63) is 12.4 Å². The van der Waals surface area contributed by atoms with E-state index in [2.05, 4.69) is 15.7 Å². The van der Waals surface area contributed by atoms with Gasteiger partial charge in [-0.15, -0.1) is 11.6 Å². The third-order valence-corrected chi connectivity index (χ3v) is 3.22. The Morgan fingerprint density at radius 3 is 2.85 bits per heavy atom. The van der Waals surface area contributed by atoms with Crippen molar-refractivity contribution in [1.82, 2.24) is 15.1 Å². The first kappa shape index (κ1) is 14.8. The first-order chi connectivity index (χ1) is 9.67. The molecule has 1 aliphatic rings. The standard InChI is InChI=1S/C13H19ClN4O2/c14-6-2-1-3-12(19)17-11-7-15-18(8-11)9-13(20)16-10-4-5-10/h7-8,10H,1-6,9H2,(H,16,20)(H,17,19). The summed E-state index contributed by atoms with van der Waals surface area (Å²) in [6.45, 7) is 0.179. The molecule has 0 radical (unpaired) electrons. The third kappa shape index (κ3) is 5.21. The van der Waals surface area contributed by atoms with Crippen LogP contribution >= 0.6 is 11.6 Å². The number of nitrogens with zero attached hydrogens (tertiary/aromatic N) is 2. The number of anilines is 1. The minimum absolute atomic E-state index is 0.0458. The lowest BCUT2D eigenvalue weighted by molar-refractivity contribution is -0.122. The Labute approximate surface area is 122 Å². The number of hydrogen-bond donors (Lipinski definition) is 2. The quantitative estimate of drug-likeness (QED) is 0.564. The van der Waals surface area contributed by atoms with Gasteiger partial charge in [0.1, 0.15) is 6.54 Å². The second-order valence-electron chi connectivity index (χ2n) is 4.96. The average molecular weight is 299 g/mol. The summed E-state index contributed by atoms with van der Waals surface area (Å²) in [5, 5.41) is 9.69. The molecule has 6 nitrogen and oxygen atoms in total. The summed E-state index contributed by atoms with van der Waals surface area (Å²) in [6, 6.07) is 0.346. The highest BCUT2D eigenvalue weighted by atomic mass is 35.5. The van der Waals surface area contributed by atoms with Crippen molar-refractivity contribution in [2.24, 2.45) is 0 Å². The van der Waals surface area contributed by atoms with Crippen LogP contribution in [0.25, 0.3) is 0 Å². The maximum absolute atomic E-state index is 11.6. The first-order valence-corrected chi connectivity index (χ1v) is 7.38. The molecule has 1 fully saturated rings. The molecule has 1 aromatic heterocycles. The molecule has 2 rings (SSSR count). The van der Waals surface area contributed by atoms with Crippen molar-refractivity contribution >= 4 is 29.1 Å². The van der Waals surface area contributed by atoms with Gasteiger partial charge in [0.25, 0.3) is 0 Å². The van der Waals surface area contributed by atoms with Crippen LogP contribution in [0, 0.1) is 0 Å². The van der Waals surface area contributed by atoms with Crippen LogP contribution in [-0.2, 0) is 16.1 Å². The van der Waals surface area contributed by atoms with E-state index in [1.807, 2.05) is 0 Å². The summed E-state index contributed by atoms with van der Waals surface area (Å²) in [5.74, 6) is 0.467. The van der Waals surface area contributed by atoms with Gasteiger partial charge < -0.3 is 10.6 Å². The Hall–Kier alpha value is -1.56. The van der Waals surface area contributed by atoms with Crippen molar-refractivity contribution in [1.29, 1.82) is 0 Å². The lowest BCUT2D eigenvalue weighted by atomic mass is 10.2. The molecular formula is C13H19ClN4O2. The minimum atomic E-state index is -0.0582. The topological polar surface area (TPSA) is 76.0 Å². The number of amides is 2. The number of hydrogen-bond acceptors (Lipinski definition) is 3. The zero-order valence-corrected chi connectivity index (χ0v) is 12.0. The van der Waals surface area contributed by atoms with Gasteiger partial charge in [0.2, 0.25) is 11.8 Å². The predicted molar refractivity (Wildman–Crippen MR) is 76.6 cm³/mol. The molecule has 1 aliphatic carbocycles. The van der Waals surface area contributed by atoms with Gasteiger partial charge in [0, 0.05) is 24.5 Å². The van der Waals surface area contributed by atoms with E-state index < -0.39 is 0 Å². The van der Waals surface area contributed by atoms with Crippen molar-refractivity contribution in [3.8, 4) is 0 Å². The number of nitrogens with one attached hydrogen (secondary N) is 2. The van der Waals surface area contributed by atoms with Crippen LogP contribution < -0.4 is 10.6 Å². The second-order valence-corrected chi connectivity index (χ2v) is 5.34. The normalized spacial score (nSPS) is 14.1. The minimum Gasteiger partial charge on any atom is -0.352 e. The Kier molecular flexibility index (Phi) is 5.40. The van der Waals surface area contributed by atoms with E-state index >= 15 is 0 Å². The molecule has 1 aromatic rings.